The lowest BCUT2D eigenvalue weighted by molar-refractivity contribution is -0.115. The highest BCUT2D eigenvalue weighted by Gasteiger charge is 2.19. The highest BCUT2D eigenvalue weighted by molar-refractivity contribution is 8.01. The van der Waals surface area contributed by atoms with Crippen molar-refractivity contribution in [1.29, 1.82) is 0 Å². The molecule has 0 aliphatic heterocycles. The van der Waals surface area contributed by atoms with Gasteiger partial charge in [0.25, 0.3) is 0 Å². The van der Waals surface area contributed by atoms with E-state index < -0.39 is 0 Å². The summed E-state index contributed by atoms with van der Waals surface area (Å²) < 4.78 is 1.80. The van der Waals surface area contributed by atoms with Gasteiger partial charge in [-0.2, -0.15) is 0 Å². The molecule has 11 heteroatoms. The predicted molar refractivity (Wildman–Crippen MR) is 145 cm³/mol. The van der Waals surface area contributed by atoms with Crippen molar-refractivity contribution in [2.45, 2.75) is 27.5 Å². The standard InChI is InChI=1S/C21H13Cl2N3OS3.C3H7NO/c22-11-5-6-12-14(9-11)24-8-7-17(12)29-21-26-25-18(30-21)10-15(27)20-19(23)13-3-1-2-4-16(13)28-20;1-4(2)3-5/h1-4,6-9,11H,5,10H2;3H,1-2H3. The molecule has 6 nitrogen and oxygen atoms in total. The number of Topliss-reactive ketones (excluding diaryl/α,β-unsaturated/α-hetero) is 1. The molecule has 3 aromatic heterocycles. The van der Waals surface area contributed by atoms with Gasteiger partial charge in [-0.3, -0.25) is 14.6 Å². The number of ketones is 1. The van der Waals surface area contributed by atoms with Crippen LogP contribution in [0.1, 0.15) is 21.1 Å². The molecule has 1 aliphatic carbocycles. The molecule has 5 rings (SSSR count). The first-order valence-corrected chi connectivity index (χ1v) is 13.8. The Labute approximate surface area is 224 Å². The number of fused-ring (bicyclic) bond motifs is 2. The quantitative estimate of drug-likeness (QED) is 0.193. The molecular weight excluding hydrogens is 543 g/mol. The molecule has 4 aromatic rings. The average molecular weight is 564 g/mol. The molecule has 1 aliphatic rings. The number of rotatable bonds is 6. The fraction of sp³-hybridized carbons (Fsp3) is 0.208. The van der Waals surface area contributed by atoms with Crippen LogP contribution in [0, 0.1) is 0 Å². The van der Waals surface area contributed by atoms with Crippen LogP contribution < -0.4 is 10.6 Å². The molecule has 0 spiro atoms. The van der Waals surface area contributed by atoms with E-state index in [1.807, 2.05) is 36.4 Å². The number of amides is 1. The van der Waals surface area contributed by atoms with Gasteiger partial charge in [-0.15, -0.1) is 33.1 Å². The molecule has 0 bridgehead atoms. The maximum atomic E-state index is 12.8. The van der Waals surface area contributed by atoms with Crippen molar-refractivity contribution < 1.29 is 9.59 Å². The first kappa shape index (κ1) is 25.8. The minimum atomic E-state index is -0.0359. The first-order chi connectivity index (χ1) is 16.9. The van der Waals surface area contributed by atoms with Crippen molar-refractivity contribution >= 4 is 92.1 Å². The average Bonchev–Trinajstić information content (AvgIpc) is 3.43. The summed E-state index contributed by atoms with van der Waals surface area (Å²) in [7, 11) is 3.38. The van der Waals surface area contributed by atoms with Crippen LogP contribution >= 0.6 is 57.6 Å². The molecule has 0 radical (unpaired) electrons. The number of alkyl halides is 1. The van der Waals surface area contributed by atoms with E-state index >= 15 is 0 Å². The van der Waals surface area contributed by atoms with Gasteiger partial charge in [0.1, 0.15) is 5.01 Å². The Morgan fingerprint density at radius 1 is 1.23 bits per heavy atom. The third-order valence-corrected chi connectivity index (χ3v) is 8.89. The second-order valence-corrected chi connectivity index (χ2v) is 12.0. The van der Waals surface area contributed by atoms with E-state index in [1.165, 1.54) is 39.3 Å². The van der Waals surface area contributed by atoms with Crippen LogP contribution in [0.5, 0.6) is 0 Å². The van der Waals surface area contributed by atoms with E-state index in [4.69, 9.17) is 23.2 Å². The Bertz CT molecular complexity index is 1500. The molecule has 1 atom stereocenters. The Balaban J connectivity index is 0.000000527. The Kier molecular flexibility index (Phi) is 8.56. The smallest absolute Gasteiger partial charge is 0.209 e. The van der Waals surface area contributed by atoms with Gasteiger partial charge in [0.15, 0.2) is 10.1 Å². The molecule has 1 amide bonds. The Morgan fingerprint density at radius 2 is 2.00 bits per heavy atom. The largest absolute Gasteiger partial charge is 0.351 e. The van der Waals surface area contributed by atoms with Crippen molar-refractivity contribution in [2.75, 3.05) is 14.1 Å². The number of thiophene rings is 1. The molecule has 0 N–H and O–H groups in total. The van der Waals surface area contributed by atoms with Crippen molar-refractivity contribution in [2.24, 2.45) is 0 Å². The van der Waals surface area contributed by atoms with Gasteiger partial charge >= 0.3 is 0 Å². The van der Waals surface area contributed by atoms with Gasteiger partial charge < -0.3 is 4.90 Å². The van der Waals surface area contributed by atoms with Crippen molar-refractivity contribution in [3.63, 3.8) is 0 Å². The maximum absolute atomic E-state index is 12.8. The topological polar surface area (TPSA) is 76.1 Å². The highest BCUT2D eigenvalue weighted by Crippen LogP contribution is 2.36. The van der Waals surface area contributed by atoms with Crippen molar-refractivity contribution in [3.8, 4) is 0 Å². The van der Waals surface area contributed by atoms with E-state index in [9.17, 15) is 9.59 Å². The molecule has 1 unspecified atom stereocenters. The molecule has 0 saturated heterocycles. The summed E-state index contributed by atoms with van der Waals surface area (Å²) in [6.07, 6.45) is 7.57. The van der Waals surface area contributed by atoms with Crippen LogP contribution in [0.15, 0.2) is 45.8 Å². The van der Waals surface area contributed by atoms with Gasteiger partial charge in [0.2, 0.25) is 6.41 Å². The van der Waals surface area contributed by atoms with Crippen LogP contribution in [0.4, 0.5) is 0 Å². The van der Waals surface area contributed by atoms with E-state index in [0.29, 0.717) is 14.9 Å². The van der Waals surface area contributed by atoms with E-state index in [2.05, 4.69) is 21.3 Å². The normalized spacial score (nSPS) is 14.2. The number of hydrogen-bond acceptors (Lipinski definition) is 8. The number of carbonyl (C=O) groups excluding carboxylic acids is 2. The number of carbonyl (C=O) groups is 2. The summed E-state index contributed by atoms with van der Waals surface area (Å²) in [6, 6.07) is 9.73. The lowest BCUT2D eigenvalue weighted by Gasteiger charge is -2.07. The molecule has 35 heavy (non-hydrogen) atoms. The van der Waals surface area contributed by atoms with Crippen LogP contribution in [0.2, 0.25) is 5.02 Å². The molecule has 3 heterocycles. The number of pyridine rings is 1. The summed E-state index contributed by atoms with van der Waals surface area (Å²) in [5, 5.41) is 12.5. The van der Waals surface area contributed by atoms with Gasteiger partial charge in [-0.25, -0.2) is 0 Å². The van der Waals surface area contributed by atoms with Crippen LogP contribution in [-0.4, -0.2) is 51.7 Å². The fourth-order valence-corrected chi connectivity index (χ4v) is 6.90. The zero-order valence-electron chi connectivity index (χ0n) is 18.8. The molecular formula is C24H20Cl2N4O2S3. The minimum absolute atomic E-state index is 0.0230. The van der Waals surface area contributed by atoms with Crippen LogP contribution in [0.25, 0.3) is 22.2 Å². The highest BCUT2D eigenvalue weighted by atomic mass is 35.5. The summed E-state index contributed by atoms with van der Waals surface area (Å²) in [5.41, 5.74) is 0. The van der Waals surface area contributed by atoms with Crippen LogP contribution in [-0.2, 0) is 11.2 Å². The maximum Gasteiger partial charge on any atom is 0.209 e. The molecule has 0 saturated carbocycles. The summed E-state index contributed by atoms with van der Waals surface area (Å²) in [5.74, 6) is -0.0359. The number of aromatic nitrogens is 3. The predicted octanol–water partition coefficient (Wildman–Crippen LogP) is 4.65. The number of benzene rings is 1. The molecule has 180 valence electrons. The second kappa shape index (κ2) is 11.6. The van der Waals surface area contributed by atoms with E-state index in [-0.39, 0.29) is 17.6 Å². The molecule has 1 aromatic carbocycles. The fourth-order valence-electron chi connectivity index (χ4n) is 3.22. The second-order valence-electron chi connectivity index (χ2n) is 7.70. The summed E-state index contributed by atoms with van der Waals surface area (Å²) in [4.78, 5) is 29.7. The van der Waals surface area contributed by atoms with Gasteiger partial charge in [0, 0.05) is 40.5 Å². The summed E-state index contributed by atoms with van der Waals surface area (Å²) >= 11 is 17.0. The van der Waals surface area contributed by atoms with E-state index in [0.717, 1.165) is 42.7 Å². The Hall–Kier alpha value is -2.30. The lowest BCUT2D eigenvalue weighted by atomic mass is 10.1. The lowest BCUT2D eigenvalue weighted by Crippen LogP contribution is -2.33. The number of nitrogens with zero attached hydrogens (tertiary/aromatic N) is 4. The van der Waals surface area contributed by atoms with Gasteiger partial charge in [-0.1, -0.05) is 59.0 Å². The SMILES string of the molecule is CN(C)C=O.O=C(Cc1nnc(Sc2ccnc3c2=CCC(Cl)C=3)s1)c1sc2ccccc2c1Cl. The van der Waals surface area contributed by atoms with Crippen molar-refractivity contribution in [1.82, 2.24) is 20.1 Å². The number of halogens is 2. The third-order valence-electron chi connectivity index (χ3n) is 4.82. The van der Waals surface area contributed by atoms with Gasteiger partial charge in [-0.05, 0) is 24.6 Å². The van der Waals surface area contributed by atoms with Gasteiger partial charge in [0.05, 0.1) is 27.0 Å². The third kappa shape index (κ3) is 6.29. The minimum Gasteiger partial charge on any atom is -0.351 e. The monoisotopic (exact) mass is 562 g/mol. The zero-order valence-corrected chi connectivity index (χ0v) is 22.7. The first-order valence-electron chi connectivity index (χ1n) is 10.5. The Morgan fingerprint density at radius 3 is 2.74 bits per heavy atom. The number of hydrogen-bond donors (Lipinski definition) is 0. The molecule has 0 fully saturated rings. The summed E-state index contributed by atoms with van der Waals surface area (Å²) in [6.45, 7) is 0. The van der Waals surface area contributed by atoms with E-state index in [1.54, 1.807) is 20.3 Å². The van der Waals surface area contributed by atoms with Crippen molar-refractivity contribution in [3.05, 3.63) is 62.0 Å². The zero-order chi connectivity index (χ0) is 24.9. The van der Waals surface area contributed by atoms with Crippen LogP contribution in [0.3, 0.4) is 0 Å².